The van der Waals surface area contributed by atoms with Crippen molar-refractivity contribution in [1.82, 2.24) is 0 Å². The third-order valence-corrected chi connectivity index (χ3v) is 2.18. The van der Waals surface area contributed by atoms with Gasteiger partial charge in [0.25, 0.3) is 0 Å². The van der Waals surface area contributed by atoms with Crippen molar-refractivity contribution in [2.45, 2.75) is 44.9 Å². The van der Waals surface area contributed by atoms with Gasteiger partial charge in [-0.05, 0) is 44.9 Å². The smallest absolute Gasteiger partial charge is 0.0311 e. The number of rotatable bonds is 0. The molecule has 1 aliphatic rings. The molecule has 0 fully saturated rings. The van der Waals surface area contributed by atoms with Gasteiger partial charge in [0, 0.05) is 0 Å². The molecule has 12 heavy (non-hydrogen) atoms. The van der Waals surface area contributed by atoms with Gasteiger partial charge in [-0.2, -0.15) is 0 Å². The second-order valence-electron chi connectivity index (χ2n) is 3.34. The van der Waals surface area contributed by atoms with E-state index in [1.54, 1.807) is 0 Å². The molecule has 0 spiro atoms. The Balaban J connectivity index is 2.19. The molecular weight excluding hydrogens is 144 g/mol. The van der Waals surface area contributed by atoms with Crippen LogP contribution < -0.4 is 0 Å². The maximum absolute atomic E-state index is 2.33. The van der Waals surface area contributed by atoms with Crippen molar-refractivity contribution in [2.24, 2.45) is 0 Å². The van der Waals surface area contributed by atoms with Crippen molar-refractivity contribution in [2.75, 3.05) is 0 Å². The van der Waals surface area contributed by atoms with Gasteiger partial charge in [0.15, 0.2) is 0 Å². The van der Waals surface area contributed by atoms with Crippen LogP contribution in [0.3, 0.4) is 0 Å². The summed E-state index contributed by atoms with van der Waals surface area (Å²) in [7, 11) is 0. The summed E-state index contributed by atoms with van der Waals surface area (Å²) in [5, 5.41) is 0. The molecule has 0 aromatic rings. The van der Waals surface area contributed by atoms with Gasteiger partial charge in [-0.3, -0.25) is 0 Å². The predicted octanol–water partition coefficient (Wildman–Crippen LogP) is 4.05. The van der Waals surface area contributed by atoms with Crippen LogP contribution in [0.1, 0.15) is 44.9 Å². The highest BCUT2D eigenvalue weighted by molar-refractivity contribution is 4.93. The molecule has 0 atom stereocenters. The Morgan fingerprint density at radius 1 is 0.583 bits per heavy atom. The lowest BCUT2D eigenvalue weighted by Gasteiger charge is -1.97. The van der Waals surface area contributed by atoms with Crippen molar-refractivity contribution >= 4 is 0 Å². The zero-order chi connectivity index (χ0) is 8.49. The lowest BCUT2D eigenvalue weighted by atomic mass is 10.1. The van der Waals surface area contributed by atoms with E-state index in [9.17, 15) is 0 Å². The van der Waals surface area contributed by atoms with Gasteiger partial charge in [-0.15, -0.1) is 0 Å². The van der Waals surface area contributed by atoms with Crippen molar-refractivity contribution in [3.63, 3.8) is 0 Å². The Kier molecular flexibility index (Phi) is 5.70. The van der Waals surface area contributed by atoms with Crippen molar-refractivity contribution in [3.05, 3.63) is 30.7 Å². The van der Waals surface area contributed by atoms with E-state index in [2.05, 4.69) is 30.7 Å². The van der Waals surface area contributed by atoms with Crippen LogP contribution in [-0.2, 0) is 0 Å². The summed E-state index contributed by atoms with van der Waals surface area (Å²) in [6, 6.07) is 0. The van der Waals surface area contributed by atoms with Crippen LogP contribution in [0.15, 0.2) is 24.3 Å². The fourth-order valence-corrected chi connectivity index (χ4v) is 1.42. The van der Waals surface area contributed by atoms with E-state index >= 15 is 0 Å². The third kappa shape index (κ3) is 5.17. The Labute approximate surface area is 76.4 Å². The van der Waals surface area contributed by atoms with Crippen LogP contribution in [0.4, 0.5) is 0 Å². The standard InChI is InChI=1S/C12H19/c1-2-4-6-8-10-12-11-9-7-5-3-1/h1-2,5,9,11H,3-4,6-8,10,12H2/b2-1+,11-9+. The summed E-state index contributed by atoms with van der Waals surface area (Å²) >= 11 is 0. The zero-order valence-electron chi connectivity index (χ0n) is 7.84. The first kappa shape index (κ1) is 9.57. The first-order valence-corrected chi connectivity index (χ1v) is 5.12. The Morgan fingerprint density at radius 3 is 1.75 bits per heavy atom. The Hall–Kier alpha value is -0.520. The highest BCUT2D eigenvalue weighted by atomic mass is 13.9. The summed E-state index contributed by atoms with van der Waals surface area (Å²) in [5.74, 6) is 0. The topological polar surface area (TPSA) is 0 Å². The molecule has 0 saturated carbocycles. The van der Waals surface area contributed by atoms with Crippen molar-refractivity contribution in [3.8, 4) is 0 Å². The molecule has 0 N–H and O–H groups in total. The highest BCUT2D eigenvalue weighted by Crippen LogP contribution is 2.07. The molecule has 0 bridgehead atoms. The molecule has 0 aromatic heterocycles. The van der Waals surface area contributed by atoms with Crippen LogP contribution in [0.2, 0.25) is 0 Å². The molecular formula is C12H19. The van der Waals surface area contributed by atoms with Crippen LogP contribution >= 0.6 is 0 Å². The lowest BCUT2D eigenvalue weighted by Crippen LogP contribution is -1.78. The predicted molar refractivity (Wildman–Crippen MR) is 54.9 cm³/mol. The van der Waals surface area contributed by atoms with E-state index in [0.29, 0.717) is 0 Å². The van der Waals surface area contributed by atoms with Crippen LogP contribution in [0.25, 0.3) is 0 Å². The molecule has 0 amide bonds. The van der Waals surface area contributed by atoms with Gasteiger partial charge in [0.05, 0.1) is 0 Å². The summed E-state index contributed by atoms with van der Waals surface area (Å²) < 4.78 is 0. The summed E-state index contributed by atoms with van der Waals surface area (Å²) in [4.78, 5) is 0. The van der Waals surface area contributed by atoms with Crippen LogP contribution in [-0.4, -0.2) is 0 Å². The molecule has 0 saturated heterocycles. The molecule has 1 aliphatic carbocycles. The first-order chi connectivity index (χ1) is 6.00. The van der Waals surface area contributed by atoms with E-state index in [1.165, 1.54) is 32.1 Å². The number of hydrogen-bond acceptors (Lipinski definition) is 0. The summed E-state index contributed by atoms with van der Waals surface area (Å²) in [6.07, 6.45) is 20.5. The molecule has 0 aliphatic heterocycles. The average molecular weight is 163 g/mol. The molecule has 0 aromatic carbocycles. The molecule has 0 heterocycles. The van der Waals surface area contributed by atoms with E-state index in [1.807, 2.05) is 0 Å². The summed E-state index contributed by atoms with van der Waals surface area (Å²) in [5.41, 5.74) is 0. The second-order valence-corrected chi connectivity index (χ2v) is 3.34. The lowest BCUT2D eigenvalue weighted by molar-refractivity contribution is 0.694. The SMILES string of the molecule is [CH]1C/C=C/CCCCC/C=C/C1. The first-order valence-electron chi connectivity index (χ1n) is 5.12. The van der Waals surface area contributed by atoms with Gasteiger partial charge in [0.1, 0.15) is 0 Å². The molecule has 1 radical (unpaired) electrons. The maximum Gasteiger partial charge on any atom is -0.0311 e. The minimum Gasteiger partial charge on any atom is -0.0885 e. The molecule has 67 valence electrons. The van der Waals surface area contributed by atoms with E-state index in [0.717, 1.165) is 12.8 Å². The van der Waals surface area contributed by atoms with Gasteiger partial charge in [-0.1, -0.05) is 30.7 Å². The molecule has 1 rings (SSSR count). The van der Waals surface area contributed by atoms with E-state index < -0.39 is 0 Å². The maximum atomic E-state index is 2.33. The minimum atomic E-state index is 1.14. The average Bonchev–Trinajstić information content (AvgIpc) is 2.05. The van der Waals surface area contributed by atoms with E-state index in [-0.39, 0.29) is 0 Å². The Bertz CT molecular complexity index is 126. The quantitative estimate of drug-likeness (QED) is 0.473. The van der Waals surface area contributed by atoms with Crippen molar-refractivity contribution in [1.29, 1.82) is 0 Å². The molecule has 0 heteroatoms. The number of allylic oxidation sites excluding steroid dienone is 4. The van der Waals surface area contributed by atoms with Crippen LogP contribution in [0, 0.1) is 6.42 Å². The largest absolute Gasteiger partial charge is 0.0885 e. The Morgan fingerprint density at radius 2 is 1.17 bits per heavy atom. The van der Waals surface area contributed by atoms with Crippen LogP contribution in [0.5, 0.6) is 0 Å². The van der Waals surface area contributed by atoms with Crippen molar-refractivity contribution < 1.29 is 0 Å². The normalized spacial score (nSPS) is 26.7. The van der Waals surface area contributed by atoms with Gasteiger partial charge < -0.3 is 0 Å². The second kappa shape index (κ2) is 7.15. The number of hydrogen-bond donors (Lipinski definition) is 0. The fraction of sp³-hybridized carbons (Fsp3) is 0.583. The third-order valence-electron chi connectivity index (χ3n) is 2.18. The van der Waals surface area contributed by atoms with Gasteiger partial charge in [0.2, 0.25) is 0 Å². The van der Waals surface area contributed by atoms with Gasteiger partial charge >= 0.3 is 0 Å². The summed E-state index contributed by atoms with van der Waals surface area (Å²) in [6.45, 7) is 0. The van der Waals surface area contributed by atoms with Gasteiger partial charge in [-0.25, -0.2) is 0 Å². The molecule has 0 nitrogen and oxygen atoms in total. The monoisotopic (exact) mass is 163 g/mol. The minimum absolute atomic E-state index is 1.14. The van der Waals surface area contributed by atoms with E-state index in [4.69, 9.17) is 0 Å². The highest BCUT2D eigenvalue weighted by Gasteiger charge is 1.88. The molecule has 0 unspecified atom stereocenters. The fourth-order valence-electron chi connectivity index (χ4n) is 1.42. The zero-order valence-corrected chi connectivity index (χ0v) is 7.84.